The predicted octanol–water partition coefficient (Wildman–Crippen LogP) is 2.97. The van der Waals surface area contributed by atoms with Crippen LogP contribution in [0, 0.1) is 0 Å². The summed E-state index contributed by atoms with van der Waals surface area (Å²) in [7, 11) is 4.93. The lowest BCUT2D eigenvalue weighted by Crippen LogP contribution is -2.42. The Kier molecular flexibility index (Phi) is 7.06. The fourth-order valence-electron chi connectivity index (χ4n) is 3.27. The van der Waals surface area contributed by atoms with Crippen molar-refractivity contribution in [3.63, 3.8) is 0 Å². The Morgan fingerprint density at radius 2 is 1.77 bits per heavy atom. The molecule has 0 heterocycles. The van der Waals surface area contributed by atoms with E-state index >= 15 is 0 Å². The average molecular weight is 360 g/mol. The van der Waals surface area contributed by atoms with E-state index in [1.54, 1.807) is 37.3 Å². The van der Waals surface area contributed by atoms with E-state index in [-0.39, 0.29) is 23.6 Å². The zero-order valence-corrected chi connectivity index (χ0v) is 16.0. The fourth-order valence-corrected chi connectivity index (χ4v) is 3.27. The first-order chi connectivity index (χ1) is 12.5. The fraction of sp³-hybridized carbons (Fsp3) is 0.500. The lowest BCUT2D eigenvalue weighted by Gasteiger charge is -2.31. The van der Waals surface area contributed by atoms with Crippen LogP contribution in [-0.2, 0) is 9.59 Å². The van der Waals surface area contributed by atoms with E-state index in [2.05, 4.69) is 5.32 Å². The van der Waals surface area contributed by atoms with Crippen molar-refractivity contribution in [2.75, 3.05) is 21.3 Å². The van der Waals surface area contributed by atoms with Crippen LogP contribution in [0.15, 0.2) is 23.9 Å². The molecule has 2 rings (SSSR count). The summed E-state index contributed by atoms with van der Waals surface area (Å²) in [6.07, 6.45) is 7.18. The van der Waals surface area contributed by atoms with E-state index in [0.29, 0.717) is 11.5 Å². The van der Waals surface area contributed by atoms with Gasteiger partial charge in [-0.05, 0) is 36.6 Å². The van der Waals surface area contributed by atoms with Crippen molar-refractivity contribution >= 4 is 17.9 Å². The lowest BCUT2D eigenvalue weighted by atomic mass is 9.94. The molecule has 0 radical (unpaired) electrons. The zero-order valence-electron chi connectivity index (χ0n) is 16.0. The highest BCUT2D eigenvalue weighted by Gasteiger charge is 2.25. The molecule has 6 nitrogen and oxygen atoms in total. The third kappa shape index (κ3) is 5.00. The minimum absolute atomic E-state index is 0.179. The highest BCUT2D eigenvalue weighted by atomic mass is 16.5. The van der Waals surface area contributed by atoms with Crippen LogP contribution in [0.25, 0.3) is 6.08 Å². The summed E-state index contributed by atoms with van der Waals surface area (Å²) >= 11 is 0. The number of hydrogen-bond donors (Lipinski definition) is 1. The Morgan fingerprint density at radius 1 is 1.12 bits per heavy atom. The molecule has 26 heavy (non-hydrogen) atoms. The second kappa shape index (κ2) is 9.27. The number of nitrogens with one attached hydrogen (secondary N) is 1. The highest BCUT2D eigenvalue weighted by Crippen LogP contribution is 2.28. The van der Waals surface area contributed by atoms with Gasteiger partial charge in [-0.15, -0.1) is 0 Å². The van der Waals surface area contributed by atoms with E-state index in [9.17, 15) is 9.59 Å². The maximum absolute atomic E-state index is 12.9. The molecule has 0 atom stereocenters. The summed E-state index contributed by atoms with van der Waals surface area (Å²) < 4.78 is 10.5. The van der Waals surface area contributed by atoms with Crippen molar-refractivity contribution < 1.29 is 19.1 Å². The normalized spacial score (nSPS) is 15.3. The highest BCUT2D eigenvalue weighted by molar-refractivity contribution is 6.01. The number of carbonyl (C=O) groups is 2. The lowest BCUT2D eigenvalue weighted by molar-refractivity contribution is -0.130. The molecule has 1 aliphatic carbocycles. The number of likely N-dealkylation sites (N-methyl/N-ethyl adjacent to an activating group) is 1. The van der Waals surface area contributed by atoms with E-state index in [4.69, 9.17) is 9.47 Å². The maximum atomic E-state index is 12.9. The molecule has 1 aliphatic rings. The van der Waals surface area contributed by atoms with Gasteiger partial charge in [-0.25, -0.2) is 0 Å². The largest absolute Gasteiger partial charge is 0.493 e. The first kappa shape index (κ1) is 19.8. The number of amides is 2. The van der Waals surface area contributed by atoms with Crippen LogP contribution in [0.4, 0.5) is 0 Å². The minimum atomic E-state index is -0.276. The maximum Gasteiger partial charge on any atom is 0.270 e. The van der Waals surface area contributed by atoms with Crippen LogP contribution in [0.3, 0.4) is 0 Å². The molecule has 0 aliphatic heterocycles. The van der Waals surface area contributed by atoms with Gasteiger partial charge < -0.3 is 19.7 Å². The number of ether oxygens (including phenoxy) is 2. The first-order valence-corrected chi connectivity index (χ1v) is 8.94. The van der Waals surface area contributed by atoms with Gasteiger partial charge in [0.05, 0.1) is 14.2 Å². The summed E-state index contributed by atoms with van der Waals surface area (Å²) in [6, 6.07) is 5.58. The van der Waals surface area contributed by atoms with Gasteiger partial charge in [-0.3, -0.25) is 9.59 Å². The van der Waals surface area contributed by atoms with Gasteiger partial charge in [-0.1, -0.05) is 25.3 Å². The molecular weight excluding hydrogens is 332 g/mol. The molecule has 0 aromatic heterocycles. The van der Waals surface area contributed by atoms with Crippen molar-refractivity contribution in [1.29, 1.82) is 0 Å². The third-order valence-corrected chi connectivity index (χ3v) is 4.70. The van der Waals surface area contributed by atoms with Crippen molar-refractivity contribution in [2.45, 2.75) is 45.1 Å². The summed E-state index contributed by atoms with van der Waals surface area (Å²) in [5, 5.41) is 2.67. The summed E-state index contributed by atoms with van der Waals surface area (Å²) in [4.78, 5) is 26.3. The van der Waals surface area contributed by atoms with Crippen molar-refractivity contribution in [3.05, 3.63) is 29.5 Å². The third-order valence-electron chi connectivity index (χ3n) is 4.70. The van der Waals surface area contributed by atoms with E-state index in [1.165, 1.54) is 13.3 Å². The monoisotopic (exact) mass is 360 g/mol. The molecule has 1 aromatic rings. The smallest absolute Gasteiger partial charge is 0.270 e. The number of nitrogens with zero attached hydrogens (tertiary/aromatic N) is 1. The summed E-state index contributed by atoms with van der Waals surface area (Å²) in [6.45, 7) is 1.40. The SMILES string of the molecule is COc1ccc(C=C(NC(C)=O)C(=O)N(C)C2CCCCC2)cc1OC. The standard InChI is InChI=1S/C20H28N2O4/c1-14(23)21-17(20(24)22(2)16-8-6-5-7-9-16)12-15-10-11-18(25-3)19(13-15)26-4/h10-13,16H,5-9H2,1-4H3,(H,21,23). The van der Waals surface area contributed by atoms with E-state index in [0.717, 1.165) is 31.2 Å². The summed E-state index contributed by atoms with van der Waals surface area (Å²) in [5.41, 5.74) is 1.01. The van der Waals surface area contributed by atoms with E-state index < -0.39 is 0 Å². The van der Waals surface area contributed by atoms with Crippen LogP contribution in [0.5, 0.6) is 11.5 Å². The Bertz CT molecular complexity index is 678. The topological polar surface area (TPSA) is 67.9 Å². The quantitative estimate of drug-likeness (QED) is 0.792. The van der Waals surface area contributed by atoms with Gasteiger partial charge in [0.15, 0.2) is 11.5 Å². The van der Waals surface area contributed by atoms with Gasteiger partial charge in [0.25, 0.3) is 5.91 Å². The zero-order chi connectivity index (χ0) is 19.1. The van der Waals surface area contributed by atoms with Crippen LogP contribution in [-0.4, -0.2) is 44.0 Å². The number of carbonyl (C=O) groups excluding carboxylic acids is 2. The first-order valence-electron chi connectivity index (χ1n) is 8.94. The molecule has 0 spiro atoms. The van der Waals surface area contributed by atoms with Crippen molar-refractivity contribution in [2.24, 2.45) is 0 Å². The molecule has 1 saturated carbocycles. The molecule has 0 saturated heterocycles. The van der Waals surface area contributed by atoms with Gasteiger partial charge in [0.2, 0.25) is 5.91 Å². The number of hydrogen-bond acceptors (Lipinski definition) is 4. The summed E-state index contributed by atoms with van der Waals surface area (Å²) in [5.74, 6) is 0.719. The van der Waals surface area contributed by atoms with Crippen LogP contribution >= 0.6 is 0 Å². The van der Waals surface area contributed by atoms with Gasteiger partial charge in [0, 0.05) is 20.0 Å². The molecule has 142 valence electrons. The molecule has 0 unspecified atom stereocenters. The Labute approximate surface area is 155 Å². The molecular formula is C20H28N2O4. The van der Waals surface area contributed by atoms with Gasteiger partial charge in [-0.2, -0.15) is 0 Å². The van der Waals surface area contributed by atoms with Gasteiger partial charge >= 0.3 is 0 Å². The number of methoxy groups -OCH3 is 2. The number of benzene rings is 1. The van der Waals surface area contributed by atoms with Crippen LogP contribution < -0.4 is 14.8 Å². The number of rotatable bonds is 6. The van der Waals surface area contributed by atoms with Crippen LogP contribution in [0.1, 0.15) is 44.6 Å². The molecule has 0 bridgehead atoms. The van der Waals surface area contributed by atoms with Crippen LogP contribution in [0.2, 0.25) is 0 Å². The average Bonchev–Trinajstić information content (AvgIpc) is 2.66. The Balaban J connectivity index is 2.29. The van der Waals surface area contributed by atoms with Gasteiger partial charge in [0.1, 0.15) is 5.70 Å². The second-order valence-corrected chi connectivity index (χ2v) is 6.56. The predicted molar refractivity (Wildman–Crippen MR) is 101 cm³/mol. The minimum Gasteiger partial charge on any atom is -0.493 e. The van der Waals surface area contributed by atoms with Crippen molar-refractivity contribution in [3.8, 4) is 11.5 Å². The molecule has 1 N–H and O–H groups in total. The van der Waals surface area contributed by atoms with Crippen molar-refractivity contribution in [1.82, 2.24) is 10.2 Å². The van der Waals surface area contributed by atoms with E-state index in [1.807, 2.05) is 13.1 Å². The molecule has 1 fully saturated rings. The molecule has 1 aromatic carbocycles. The second-order valence-electron chi connectivity index (χ2n) is 6.56. The molecule has 6 heteroatoms. The molecule has 2 amide bonds. The Hall–Kier alpha value is -2.50. The Morgan fingerprint density at radius 3 is 2.35 bits per heavy atom.